The Balaban J connectivity index is 1.35. The van der Waals surface area contributed by atoms with E-state index in [0.717, 1.165) is 35.2 Å². The summed E-state index contributed by atoms with van der Waals surface area (Å²) in [6.45, 7) is 5.48. The summed E-state index contributed by atoms with van der Waals surface area (Å²) in [4.78, 5) is 18.9. The Bertz CT molecular complexity index is 989. The highest BCUT2D eigenvalue weighted by Crippen LogP contribution is 2.26. The summed E-state index contributed by atoms with van der Waals surface area (Å²) >= 11 is 0. The van der Waals surface area contributed by atoms with Crippen LogP contribution in [0.3, 0.4) is 0 Å². The molecule has 144 valence electrons. The van der Waals surface area contributed by atoms with E-state index in [1.165, 1.54) is 11.1 Å². The van der Waals surface area contributed by atoms with Gasteiger partial charge in [0.2, 0.25) is 0 Å². The van der Waals surface area contributed by atoms with Crippen molar-refractivity contribution in [2.75, 3.05) is 18.4 Å². The lowest BCUT2D eigenvalue weighted by molar-refractivity contribution is 0.116. The van der Waals surface area contributed by atoms with Gasteiger partial charge in [0.1, 0.15) is 17.4 Å². The Morgan fingerprint density at radius 1 is 1.07 bits per heavy atom. The molecule has 3 aromatic rings. The third-order valence-corrected chi connectivity index (χ3v) is 5.38. The number of para-hydroxylation sites is 1. The number of nitrogens with one attached hydrogen (secondary N) is 1. The first-order chi connectivity index (χ1) is 13.6. The highest BCUT2D eigenvalue weighted by molar-refractivity contribution is 5.89. The molecule has 5 heteroatoms. The molecule has 2 heterocycles. The van der Waals surface area contributed by atoms with Crippen molar-refractivity contribution in [3.63, 3.8) is 0 Å². The first-order valence-corrected chi connectivity index (χ1v) is 9.74. The summed E-state index contributed by atoms with van der Waals surface area (Å²) in [5.41, 5.74) is 4.13. The second-order valence-corrected chi connectivity index (χ2v) is 7.36. The maximum Gasteiger partial charge on any atom is 0.321 e. The highest BCUT2D eigenvalue weighted by atomic mass is 16.5. The molecule has 28 heavy (non-hydrogen) atoms. The number of hydrogen-bond acceptors (Lipinski definition) is 3. The fourth-order valence-electron chi connectivity index (χ4n) is 3.55. The second-order valence-electron chi connectivity index (χ2n) is 7.36. The van der Waals surface area contributed by atoms with Crippen molar-refractivity contribution in [2.45, 2.75) is 32.8 Å². The molecule has 2 aromatic carbocycles. The zero-order valence-corrected chi connectivity index (χ0v) is 16.3. The third-order valence-electron chi connectivity index (χ3n) is 5.38. The molecule has 5 nitrogen and oxygen atoms in total. The first kappa shape index (κ1) is 18.3. The molecule has 0 saturated carbocycles. The molecule has 4 rings (SSSR count). The van der Waals surface area contributed by atoms with Gasteiger partial charge in [0.05, 0.1) is 0 Å². The highest BCUT2D eigenvalue weighted by Gasteiger charge is 2.24. The second kappa shape index (κ2) is 7.89. The van der Waals surface area contributed by atoms with E-state index < -0.39 is 0 Å². The van der Waals surface area contributed by atoms with Crippen LogP contribution in [-0.4, -0.2) is 35.1 Å². The molecule has 1 aliphatic heterocycles. The van der Waals surface area contributed by atoms with Crippen LogP contribution in [-0.2, 0) is 0 Å². The van der Waals surface area contributed by atoms with Crippen LogP contribution in [0.4, 0.5) is 10.5 Å². The van der Waals surface area contributed by atoms with Gasteiger partial charge in [-0.2, -0.15) is 0 Å². The number of aryl methyl sites for hydroxylation is 2. The van der Waals surface area contributed by atoms with Gasteiger partial charge in [-0.15, -0.1) is 0 Å². The first-order valence-electron chi connectivity index (χ1n) is 9.74. The van der Waals surface area contributed by atoms with Gasteiger partial charge in [0, 0.05) is 43.2 Å². The quantitative estimate of drug-likeness (QED) is 0.706. The number of benzene rings is 2. The van der Waals surface area contributed by atoms with Crippen molar-refractivity contribution < 1.29 is 9.53 Å². The standard InChI is InChI=1S/C23H25N3O2/c1-16-8-9-19(15-17(16)2)25-23(27)26-13-10-20(11-14-26)28-21-7-3-5-18-6-4-12-24-22(18)21/h3-9,12,15,20H,10-11,13-14H2,1-2H3,(H,25,27). The van der Waals surface area contributed by atoms with Gasteiger partial charge in [0.25, 0.3) is 0 Å². The van der Waals surface area contributed by atoms with E-state index in [0.29, 0.717) is 13.1 Å². The number of piperidine rings is 1. The van der Waals surface area contributed by atoms with Gasteiger partial charge in [-0.25, -0.2) is 4.79 Å². The Kier molecular flexibility index (Phi) is 5.15. The third kappa shape index (κ3) is 3.93. The predicted molar refractivity (Wildman–Crippen MR) is 112 cm³/mol. The van der Waals surface area contributed by atoms with Gasteiger partial charge in [-0.05, 0) is 49.2 Å². The van der Waals surface area contributed by atoms with Crippen molar-refractivity contribution in [2.24, 2.45) is 0 Å². The van der Waals surface area contributed by atoms with Crippen LogP contribution in [0.15, 0.2) is 54.7 Å². The fourth-order valence-corrected chi connectivity index (χ4v) is 3.55. The van der Waals surface area contributed by atoms with Gasteiger partial charge < -0.3 is 15.0 Å². The van der Waals surface area contributed by atoms with E-state index in [4.69, 9.17) is 4.74 Å². The van der Waals surface area contributed by atoms with Gasteiger partial charge in [0.15, 0.2) is 0 Å². The zero-order chi connectivity index (χ0) is 19.5. The Labute approximate surface area is 165 Å². The maximum atomic E-state index is 12.6. The number of pyridine rings is 1. The molecule has 1 saturated heterocycles. The van der Waals surface area contributed by atoms with Gasteiger partial charge >= 0.3 is 6.03 Å². The van der Waals surface area contributed by atoms with Crippen LogP contribution in [0, 0.1) is 13.8 Å². The predicted octanol–water partition coefficient (Wildman–Crippen LogP) is 4.93. The van der Waals surface area contributed by atoms with Crippen molar-refractivity contribution >= 4 is 22.6 Å². The average molecular weight is 375 g/mol. The van der Waals surface area contributed by atoms with Gasteiger partial charge in [-0.3, -0.25) is 4.98 Å². The number of aromatic nitrogens is 1. The van der Waals surface area contributed by atoms with Crippen LogP contribution in [0.1, 0.15) is 24.0 Å². The molecule has 0 radical (unpaired) electrons. The minimum Gasteiger partial charge on any atom is -0.488 e. The molecule has 0 aliphatic carbocycles. The summed E-state index contributed by atoms with van der Waals surface area (Å²) in [6.07, 6.45) is 3.50. The Morgan fingerprint density at radius 3 is 2.64 bits per heavy atom. The van der Waals surface area contributed by atoms with Crippen LogP contribution >= 0.6 is 0 Å². The lowest BCUT2D eigenvalue weighted by Gasteiger charge is -2.32. The Morgan fingerprint density at radius 2 is 1.86 bits per heavy atom. The molecule has 0 bridgehead atoms. The van der Waals surface area contributed by atoms with Crippen LogP contribution in [0.5, 0.6) is 5.75 Å². The summed E-state index contributed by atoms with van der Waals surface area (Å²) in [5, 5.41) is 4.08. The van der Waals surface area contributed by atoms with E-state index in [1.807, 2.05) is 53.4 Å². The van der Waals surface area contributed by atoms with E-state index in [2.05, 4.69) is 24.1 Å². The SMILES string of the molecule is Cc1ccc(NC(=O)N2CCC(Oc3cccc4cccnc34)CC2)cc1C. The number of carbonyl (C=O) groups is 1. The molecule has 0 atom stereocenters. The number of anilines is 1. The lowest BCUT2D eigenvalue weighted by atomic mass is 10.1. The summed E-state index contributed by atoms with van der Waals surface area (Å²) in [7, 11) is 0. The molecule has 0 unspecified atom stereocenters. The van der Waals surface area contributed by atoms with Crippen molar-refractivity contribution in [3.8, 4) is 5.75 Å². The zero-order valence-electron chi connectivity index (χ0n) is 16.3. The summed E-state index contributed by atoms with van der Waals surface area (Å²) in [5.74, 6) is 0.816. The summed E-state index contributed by atoms with van der Waals surface area (Å²) < 4.78 is 6.22. The van der Waals surface area contributed by atoms with Crippen molar-refractivity contribution in [1.29, 1.82) is 0 Å². The van der Waals surface area contributed by atoms with E-state index >= 15 is 0 Å². The molecule has 1 aliphatic rings. The number of likely N-dealkylation sites (tertiary alicyclic amines) is 1. The molecule has 1 fully saturated rings. The monoisotopic (exact) mass is 375 g/mol. The number of fused-ring (bicyclic) bond motifs is 1. The van der Waals surface area contributed by atoms with Crippen LogP contribution < -0.4 is 10.1 Å². The minimum absolute atomic E-state index is 0.0477. The molecule has 1 N–H and O–H groups in total. The fraction of sp³-hybridized carbons (Fsp3) is 0.304. The number of ether oxygens (including phenoxy) is 1. The molecule has 2 amide bonds. The van der Waals surface area contributed by atoms with Crippen molar-refractivity contribution in [3.05, 3.63) is 65.9 Å². The smallest absolute Gasteiger partial charge is 0.321 e. The maximum absolute atomic E-state index is 12.6. The number of carbonyl (C=O) groups excluding carboxylic acids is 1. The summed E-state index contributed by atoms with van der Waals surface area (Å²) in [6, 6.07) is 15.9. The normalized spacial score (nSPS) is 14.9. The lowest BCUT2D eigenvalue weighted by Crippen LogP contribution is -2.43. The average Bonchev–Trinajstić information content (AvgIpc) is 2.71. The number of urea groups is 1. The molecule has 0 spiro atoms. The van der Waals surface area contributed by atoms with Crippen LogP contribution in [0.25, 0.3) is 10.9 Å². The molecular weight excluding hydrogens is 350 g/mol. The number of nitrogens with zero attached hydrogens (tertiary/aromatic N) is 2. The number of rotatable bonds is 3. The van der Waals surface area contributed by atoms with E-state index in [9.17, 15) is 4.79 Å². The largest absolute Gasteiger partial charge is 0.488 e. The number of amides is 2. The topological polar surface area (TPSA) is 54.5 Å². The Hall–Kier alpha value is -3.08. The molecular formula is C23H25N3O2. The minimum atomic E-state index is -0.0477. The number of hydrogen-bond donors (Lipinski definition) is 1. The van der Waals surface area contributed by atoms with E-state index in [1.54, 1.807) is 6.20 Å². The van der Waals surface area contributed by atoms with Crippen molar-refractivity contribution in [1.82, 2.24) is 9.88 Å². The van der Waals surface area contributed by atoms with Gasteiger partial charge in [-0.1, -0.05) is 24.3 Å². The van der Waals surface area contributed by atoms with Crippen LogP contribution in [0.2, 0.25) is 0 Å². The molecule has 1 aromatic heterocycles. The van der Waals surface area contributed by atoms with E-state index in [-0.39, 0.29) is 12.1 Å².